The Labute approximate surface area is 46.0 Å². The first-order valence-electron chi connectivity index (χ1n) is 1.94. The van der Waals surface area contributed by atoms with E-state index in [-0.39, 0.29) is 0 Å². The maximum Gasteiger partial charge on any atom is 0.0357 e. The van der Waals surface area contributed by atoms with E-state index in [0.29, 0.717) is 14.1 Å². The van der Waals surface area contributed by atoms with E-state index in [1.165, 1.54) is 6.44 Å². The van der Waals surface area contributed by atoms with E-state index in [0.717, 1.165) is 0 Å². The third-order valence-corrected chi connectivity index (χ3v) is 0.661. The van der Waals surface area contributed by atoms with Crippen LogP contribution in [0.2, 0.25) is 0 Å². The van der Waals surface area contributed by atoms with Crippen molar-refractivity contribution in [1.29, 1.82) is 0 Å². The fraction of sp³-hybridized carbons (Fsp3) is 1.00. The van der Waals surface area contributed by atoms with E-state index in [4.69, 9.17) is 1.37 Å². The standard InChI is InChI=1S/C3H11BNS/c1-5(3-4)6-2/h3H2,1-2,4H3/q-1/i2T. The van der Waals surface area contributed by atoms with Gasteiger partial charge in [0.05, 0.1) is 0 Å². The van der Waals surface area contributed by atoms with Gasteiger partial charge in [-0.15, -0.1) is 6.44 Å². The summed E-state index contributed by atoms with van der Waals surface area (Å²) in [6, 6.07) is 0. The molecule has 38 valence electrons. The minimum absolute atomic E-state index is 0.475. The molecule has 0 aromatic rings. The normalized spacial score (nSPS) is 12.2. The van der Waals surface area contributed by atoms with Crippen molar-refractivity contribution in [3.63, 3.8) is 0 Å². The summed E-state index contributed by atoms with van der Waals surface area (Å²) < 4.78 is 8.93. The molecule has 0 amide bonds. The van der Waals surface area contributed by atoms with Crippen LogP contribution in [0.1, 0.15) is 1.37 Å². The van der Waals surface area contributed by atoms with E-state index in [9.17, 15) is 0 Å². The van der Waals surface area contributed by atoms with Gasteiger partial charge in [0, 0.05) is 1.37 Å². The molecule has 0 unspecified atom stereocenters. The average molecular weight is 106 g/mol. The van der Waals surface area contributed by atoms with Gasteiger partial charge in [0.1, 0.15) is 0 Å². The lowest BCUT2D eigenvalue weighted by molar-refractivity contribution is 0.673. The lowest BCUT2D eigenvalue weighted by Crippen LogP contribution is -2.08. The Morgan fingerprint density at radius 1 is 2.17 bits per heavy atom. The van der Waals surface area contributed by atoms with Crippen molar-refractivity contribution < 1.29 is 1.37 Å². The van der Waals surface area contributed by atoms with E-state index in [1.807, 2.05) is 7.05 Å². The predicted octanol–water partition coefficient (Wildman–Crippen LogP) is -0.481. The molecule has 0 aliphatic carbocycles. The van der Waals surface area contributed by atoms with Crippen molar-refractivity contribution in [2.45, 2.75) is 0 Å². The second kappa shape index (κ2) is 3.56. The first kappa shape index (κ1) is 4.53. The third kappa shape index (κ3) is 2.60. The van der Waals surface area contributed by atoms with Gasteiger partial charge < -0.3 is 0 Å². The van der Waals surface area contributed by atoms with Gasteiger partial charge in [-0.3, -0.25) is 4.31 Å². The van der Waals surface area contributed by atoms with Crippen molar-refractivity contribution in [3.05, 3.63) is 0 Å². The van der Waals surface area contributed by atoms with Crippen LogP contribution >= 0.6 is 11.9 Å². The number of rotatable bonds is 2. The van der Waals surface area contributed by atoms with Crippen molar-refractivity contribution in [1.82, 2.24) is 4.31 Å². The SMILES string of the molecule is [3H]CSN(C)C[BH3-]. The van der Waals surface area contributed by atoms with Gasteiger partial charge in [0.2, 0.25) is 0 Å². The molecule has 6 heavy (non-hydrogen) atoms. The highest BCUT2D eigenvalue weighted by Gasteiger charge is 1.78. The molecule has 0 saturated heterocycles. The Morgan fingerprint density at radius 2 is 2.83 bits per heavy atom. The van der Waals surface area contributed by atoms with Crippen molar-refractivity contribution >= 4 is 19.8 Å². The third-order valence-electron chi connectivity index (χ3n) is 0.220. The minimum Gasteiger partial charge on any atom is -0.290 e. The molecule has 0 fully saturated rings. The molecule has 0 radical (unpaired) electrons. The number of nitrogens with zero attached hydrogens (tertiary/aromatic N) is 1. The van der Waals surface area contributed by atoms with E-state index in [2.05, 4.69) is 4.31 Å². The Kier molecular flexibility index (Phi) is 2.69. The van der Waals surface area contributed by atoms with Crippen LogP contribution < -0.4 is 0 Å². The summed E-state index contributed by atoms with van der Waals surface area (Å²) in [6.07, 6.45) is 1.74. The van der Waals surface area contributed by atoms with Gasteiger partial charge in [-0.1, -0.05) is 11.9 Å². The monoisotopic (exact) mass is 106 g/mol. The molecule has 0 heterocycles. The van der Waals surface area contributed by atoms with Gasteiger partial charge in [-0.25, -0.2) is 0 Å². The second-order valence-corrected chi connectivity index (χ2v) is 1.64. The zero-order chi connectivity index (χ0) is 5.70. The largest absolute Gasteiger partial charge is 0.290 e. The smallest absolute Gasteiger partial charge is 0.0357 e. The number of hydrogen-bond acceptors (Lipinski definition) is 2. The summed E-state index contributed by atoms with van der Waals surface area (Å²) >= 11 is 1.59. The first-order chi connectivity index (χ1) is 3.31. The van der Waals surface area contributed by atoms with Crippen molar-refractivity contribution in [2.24, 2.45) is 0 Å². The molecule has 0 saturated carbocycles. The lowest BCUT2D eigenvalue weighted by atomic mass is 10.2. The van der Waals surface area contributed by atoms with E-state index < -0.39 is 0 Å². The van der Waals surface area contributed by atoms with Crippen molar-refractivity contribution in [2.75, 3.05) is 19.7 Å². The Balaban J connectivity index is 2.83. The molecule has 0 aliphatic heterocycles. The first-order valence-corrected chi connectivity index (χ1v) is 2.18. The number of hydrogen-bond donors (Lipinski definition) is 0. The molecule has 0 aromatic carbocycles. The molecule has 0 aliphatic rings. The van der Waals surface area contributed by atoms with Gasteiger partial charge in [0.15, 0.2) is 0 Å². The van der Waals surface area contributed by atoms with Crippen LogP contribution in [0.15, 0.2) is 0 Å². The molecular formula is C3H11BNS-. The zero-order valence-corrected chi connectivity index (χ0v) is 4.09. The maximum absolute atomic E-state index is 6.79. The van der Waals surface area contributed by atoms with Crippen molar-refractivity contribution in [3.8, 4) is 0 Å². The Bertz CT molecular complexity index is 45.9. The second-order valence-electron chi connectivity index (χ2n) is 0.757. The highest BCUT2D eigenvalue weighted by Crippen LogP contribution is 1.94. The summed E-state index contributed by atoms with van der Waals surface area (Å²) in [6.45, 7) is 0. The predicted molar refractivity (Wildman–Crippen MR) is 36.1 cm³/mol. The summed E-state index contributed by atoms with van der Waals surface area (Å²) in [5.41, 5.74) is 0. The van der Waals surface area contributed by atoms with E-state index in [1.54, 1.807) is 11.9 Å². The highest BCUT2D eigenvalue weighted by atomic mass is 32.2. The molecule has 0 bridgehead atoms. The Hall–Kier alpha value is 0.375. The summed E-state index contributed by atoms with van der Waals surface area (Å²) in [5, 5.41) is 0. The molecule has 0 atom stereocenters. The van der Waals surface area contributed by atoms with Gasteiger partial charge in [0.25, 0.3) is 0 Å². The van der Waals surface area contributed by atoms with Crippen LogP contribution in [0, 0.1) is 0 Å². The van der Waals surface area contributed by atoms with Crippen LogP contribution in [-0.2, 0) is 0 Å². The summed E-state index contributed by atoms with van der Waals surface area (Å²) in [4.78, 5) is 0. The average Bonchev–Trinajstić information content (AvgIpc) is 1.68. The fourth-order valence-corrected chi connectivity index (χ4v) is 0. The van der Waals surface area contributed by atoms with Crippen LogP contribution in [0.5, 0.6) is 0 Å². The molecule has 0 N–H and O–H groups in total. The summed E-state index contributed by atoms with van der Waals surface area (Å²) in [7, 11) is 2.57. The van der Waals surface area contributed by atoms with Gasteiger partial charge in [-0.05, 0) is 21.1 Å². The van der Waals surface area contributed by atoms with E-state index >= 15 is 0 Å². The molecule has 1 nitrogen and oxygen atoms in total. The maximum atomic E-state index is 6.79. The van der Waals surface area contributed by atoms with Gasteiger partial charge in [-0.2, -0.15) is 0 Å². The van der Waals surface area contributed by atoms with Crippen LogP contribution in [0.3, 0.4) is 0 Å². The highest BCUT2D eigenvalue weighted by molar-refractivity contribution is 7.96. The lowest BCUT2D eigenvalue weighted by Gasteiger charge is -2.09. The Morgan fingerprint density at radius 3 is 3.00 bits per heavy atom. The molecular weight excluding hydrogens is 92.9 g/mol. The van der Waals surface area contributed by atoms with Crippen LogP contribution in [0.25, 0.3) is 0 Å². The van der Waals surface area contributed by atoms with Crippen LogP contribution in [0.4, 0.5) is 0 Å². The molecule has 0 spiro atoms. The topological polar surface area (TPSA) is 3.24 Å². The molecule has 0 aromatic heterocycles. The quantitative estimate of drug-likeness (QED) is 0.345. The van der Waals surface area contributed by atoms with Gasteiger partial charge >= 0.3 is 0 Å². The molecule has 3 heteroatoms. The fourth-order valence-electron chi connectivity index (χ4n) is 0. The zero-order valence-electron chi connectivity index (χ0n) is 4.27. The van der Waals surface area contributed by atoms with Crippen LogP contribution in [-0.4, -0.2) is 31.9 Å². The summed E-state index contributed by atoms with van der Waals surface area (Å²) in [5.74, 6) is 0. The minimum atomic E-state index is 0.475. The molecule has 0 rings (SSSR count).